The molecular formula is C15H17NOS. The first-order chi connectivity index (χ1) is 8.77. The van der Waals surface area contributed by atoms with Crippen molar-refractivity contribution in [2.75, 3.05) is 5.75 Å². The second-order valence-electron chi connectivity index (χ2n) is 4.09. The quantitative estimate of drug-likeness (QED) is 0.835. The second kappa shape index (κ2) is 6.03. The summed E-state index contributed by atoms with van der Waals surface area (Å²) in [6.45, 7) is 2.12. The Hall–Kier alpha value is -1.32. The lowest BCUT2D eigenvalue weighted by Crippen LogP contribution is -2.23. The van der Waals surface area contributed by atoms with E-state index in [0.29, 0.717) is 0 Å². The number of aliphatic hydroxyl groups is 1. The molecule has 2 nitrogen and oxygen atoms in total. The first-order valence-corrected chi connectivity index (χ1v) is 7.08. The molecule has 2 aromatic rings. The van der Waals surface area contributed by atoms with Gasteiger partial charge in [-0.05, 0) is 29.9 Å². The van der Waals surface area contributed by atoms with Gasteiger partial charge in [-0.1, -0.05) is 37.3 Å². The SMILES string of the molecule is CCCSC(O)(c1ccccc1)c1ccncc1. The third kappa shape index (κ3) is 2.74. The van der Waals surface area contributed by atoms with Gasteiger partial charge in [0.05, 0.1) is 0 Å². The molecule has 0 saturated heterocycles. The van der Waals surface area contributed by atoms with Gasteiger partial charge in [0.15, 0.2) is 4.93 Å². The topological polar surface area (TPSA) is 33.1 Å². The van der Waals surface area contributed by atoms with Crippen molar-refractivity contribution in [2.45, 2.75) is 18.3 Å². The van der Waals surface area contributed by atoms with Crippen LogP contribution in [0.5, 0.6) is 0 Å². The monoisotopic (exact) mass is 259 g/mol. The van der Waals surface area contributed by atoms with E-state index in [2.05, 4.69) is 11.9 Å². The van der Waals surface area contributed by atoms with Gasteiger partial charge in [-0.3, -0.25) is 4.98 Å². The number of benzene rings is 1. The molecular weight excluding hydrogens is 242 g/mol. The minimum absolute atomic E-state index is 0.877. The lowest BCUT2D eigenvalue weighted by Gasteiger charge is -2.28. The highest BCUT2D eigenvalue weighted by Crippen LogP contribution is 2.40. The summed E-state index contributed by atoms with van der Waals surface area (Å²) in [4.78, 5) is 3.03. The zero-order valence-corrected chi connectivity index (χ0v) is 11.2. The number of nitrogens with zero attached hydrogens (tertiary/aromatic N) is 1. The summed E-state index contributed by atoms with van der Waals surface area (Å²) < 4.78 is 0. The molecule has 0 fully saturated rings. The van der Waals surface area contributed by atoms with E-state index in [1.165, 1.54) is 0 Å². The molecule has 0 bridgehead atoms. The van der Waals surface area contributed by atoms with E-state index in [4.69, 9.17) is 0 Å². The summed E-state index contributed by atoms with van der Waals surface area (Å²) in [5.74, 6) is 0.910. The van der Waals surface area contributed by atoms with E-state index in [0.717, 1.165) is 23.3 Å². The van der Waals surface area contributed by atoms with Gasteiger partial charge < -0.3 is 5.11 Å². The highest BCUT2D eigenvalue weighted by Gasteiger charge is 2.31. The molecule has 0 amide bonds. The molecule has 0 radical (unpaired) electrons. The van der Waals surface area contributed by atoms with Crippen molar-refractivity contribution in [3.63, 3.8) is 0 Å². The minimum Gasteiger partial charge on any atom is -0.371 e. The van der Waals surface area contributed by atoms with Crippen molar-refractivity contribution in [1.82, 2.24) is 4.98 Å². The minimum atomic E-state index is -0.986. The van der Waals surface area contributed by atoms with Crippen molar-refractivity contribution in [3.8, 4) is 0 Å². The van der Waals surface area contributed by atoms with E-state index in [9.17, 15) is 5.11 Å². The van der Waals surface area contributed by atoms with Crippen molar-refractivity contribution < 1.29 is 5.11 Å². The molecule has 18 heavy (non-hydrogen) atoms. The zero-order chi connectivity index (χ0) is 12.8. The molecule has 0 spiro atoms. The number of pyridine rings is 1. The standard InChI is InChI=1S/C15H17NOS/c1-2-12-18-15(17,13-6-4-3-5-7-13)14-8-10-16-11-9-14/h3-11,17H,2,12H2,1H3. The van der Waals surface area contributed by atoms with Crippen molar-refractivity contribution in [3.05, 3.63) is 66.0 Å². The molecule has 1 atom stereocenters. The third-order valence-electron chi connectivity index (χ3n) is 2.75. The van der Waals surface area contributed by atoms with Crippen LogP contribution in [-0.2, 0) is 4.93 Å². The summed E-state index contributed by atoms with van der Waals surface area (Å²) in [6, 6.07) is 13.5. The normalized spacial score (nSPS) is 14.1. The van der Waals surface area contributed by atoms with E-state index < -0.39 is 4.93 Å². The zero-order valence-electron chi connectivity index (χ0n) is 10.4. The molecule has 2 rings (SSSR count). The second-order valence-corrected chi connectivity index (χ2v) is 5.38. The maximum Gasteiger partial charge on any atom is 0.161 e. The highest BCUT2D eigenvalue weighted by atomic mass is 32.2. The van der Waals surface area contributed by atoms with Crippen LogP contribution in [0.15, 0.2) is 54.9 Å². The van der Waals surface area contributed by atoms with Crippen LogP contribution in [-0.4, -0.2) is 15.8 Å². The van der Waals surface area contributed by atoms with Gasteiger partial charge in [0.25, 0.3) is 0 Å². The molecule has 0 saturated carbocycles. The molecule has 0 aliphatic heterocycles. The molecule has 1 aromatic heterocycles. The van der Waals surface area contributed by atoms with Gasteiger partial charge >= 0.3 is 0 Å². The van der Waals surface area contributed by atoms with Crippen LogP contribution in [0.4, 0.5) is 0 Å². The Balaban J connectivity index is 2.41. The number of aromatic nitrogens is 1. The fourth-order valence-electron chi connectivity index (χ4n) is 1.82. The lowest BCUT2D eigenvalue weighted by molar-refractivity contribution is 0.181. The molecule has 1 unspecified atom stereocenters. The maximum atomic E-state index is 11.0. The van der Waals surface area contributed by atoms with Crippen LogP contribution in [0.2, 0.25) is 0 Å². The largest absolute Gasteiger partial charge is 0.371 e. The Labute approximate surface area is 112 Å². The molecule has 1 aromatic carbocycles. The average molecular weight is 259 g/mol. The van der Waals surface area contributed by atoms with E-state index in [-0.39, 0.29) is 0 Å². The molecule has 94 valence electrons. The van der Waals surface area contributed by atoms with E-state index in [1.54, 1.807) is 24.2 Å². The molecule has 0 aliphatic rings. The Bertz CT molecular complexity index is 433. The third-order valence-corrected chi connectivity index (χ3v) is 4.25. The van der Waals surface area contributed by atoms with Crippen LogP contribution >= 0.6 is 11.8 Å². The van der Waals surface area contributed by atoms with Crippen LogP contribution in [0, 0.1) is 0 Å². The number of hydrogen-bond acceptors (Lipinski definition) is 3. The Kier molecular flexibility index (Phi) is 4.39. The van der Waals surface area contributed by atoms with E-state index >= 15 is 0 Å². The van der Waals surface area contributed by atoms with Crippen LogP contribution < -0.4 is 0 Å². The smallest absolute Gasteiger partial charge is 0.161 e. The average Bonchev–Trinajstić information content (AvgIpc) is 2.46. The van der Waals surface area contributed by atoms with Gasteiger partial charge in [0.2, 0.25) is 0 Å². The first-order valence-electron chi connectivity index (χ1n) is 6.09. The van der Waals surface area contributed by atoms with Crippen molar-refractivity contribution in [2.24, 2.45) is 0 Å². The number of thioether (sulfide) groups is 1. The fraction of sp³-hybridized carbons (Fsp3) is 0.267. The predicted octanol–water partition coefficient (Wildman–Crippen LogP) is 3.42. The summed E-state index contributed by atoms with van der Waals surface area (Å²) in [6.07, 6.45) is 4.47. The van der Waals surface area contributed by atoms with Gasteiger partial charge in [-0.2, -0.15) is 0 Å². The molecule has 3 heteroatoms. The Morgan fingerprint density at radius 1 is 1.06 bits per heavy atom. The van der Waals surface area contributed by atoms with Gasteiger partial charge in [-0.25, -0.2) is 0 Å². The molecule has 0 aliphatic carbocycles. The summed E-state index contributed by atoms with van der Waals surface area (Å²) in [5.41, 5.74) is 1.79. The van der Waals surface area contributed by atoms with Crippen LogP contribution in [0.25, 0.3) is 0 Å². The van der Waals surface area contributed by atoms with Crippen LogP contribution in [0.1, 0.15) is 24.5 Å². The predicted molar refractivity (Wildman–Crippen MR) is 76.4 cm³/mol. The molecule has 1 heterocycles. The maximum absolute atomic E-state index is 11.0. The summed E-state index contributed by atoms with van der Waals surface area (Å²) in [7, 11) is 0. The highest BCUT2D eigenvalue weighted by molar-refractivity contribution is 8.00. The van der Waals surface area contributed by atoms with Crippen LogP contribution in [0.3, 0.4) is 0 Å². The fourth-order valence-corrected chi connectivity index (χ4v) is 2.93. The Morgan fingerprint density at radius 2 is 1.67 bits per heavy atom. The Morgan fingerprint density at radius 3 is 2.28 bits per heavy atom. The lowest BCUT2D eigenvalue weighted by atomic mass is 10.0. The van der Waals surface area contributed by atoms with E-state index in [1.807, 2.05) is 42.5 Å². The van der Waals surface area contributed by atoms with Crippen molar-refractivity contribution >= 4 is 11.8 Å². The molecule has 1 N–H and O–H groups in total. The number of hydrogen-bond donors (Lipinski definition) is 1. The van der Waals surface area contributed by atoms with Crippen molar-refractivity contribution in [1.29, 1.82) is 0 Å². The van der Waals surface area contributed by atoms with Gasteiger partial charge in [0.1, 0.15) is 0 Å². The summed E-state index contributed by atoms with van der Waals surface area (Å²) >= 11 is 1.56. The van der Waals surface area contributed by atoms with Gasteiger partial charge in [-0.15, -0.1) is 11.8 Å². The van der Waals surface area contributed by atoms with Gasteiger partial charge in [0, 0.05) is 18.0 Å². The summed E-state index contributed by atoms with van der Waals surface area (Å²) in [5, 5.41) is 11.0. The first kappa shape index (κ1) is 13.1. The number of rotatable bonds is 5.